The van der Waals surface area contributed by atoms with Gasteiger partial charge in [-0.2, -0.15) is 0 Å². The number of carboxylic acid groups (broad SMARTS) is 1. The van der Waals surface area contributed by atoms with Crippen LogP contribution in [0.25, 0.3) is 12.2 Å². The monoisotopic (exact) mass is 344 g/mol. The summed E-state index contributed by atoms with van der Waals surface area (Å²) in [7, 11) is 0. The predicted molar refractivity (Wildman–Crippen MR) is 92.9 cm³/mol. The van der Waals surface area contributed by atoms with E-state index < -0.39 is 18.0 Å². The number of benzene rings is 1. The maximum atomic E-state index is 11.3. The zero-order valence-electron chi connectivity index (χ0n) is 14.0. The number of allylic oxidation sites excluding steroid dienone is 1. The van der Waals surface area contributed by atoms with Crippen molar-refractivity contribution in [3.63, 3.8) is 0 Å². The Labute approximate surface area is 145 Å². The van der Waals surface area contributed by atoms with Crippen LogP contribution in [-0.4, -0.2) is 33.4 Å². The number of rotatable bonds is 6. The molecule has 0 aliphatic carbocycles. The molecule has 6 heteroatoms. The van der Waals surface area contributed by atoms with Crippen molar-refractivity contribution in [3.8, 4) is 11.5 Å². The van der Waals surface area contributed by atoms with Gasteiger partial charge in [-0.25, -0.2) is 4.79 Å². The molecule has 25 heavy (non-hydrogen) atoms. The number of cyclic esters (lactones) is 1. The molecule has 1 aromatic carbocycles. The van der Waals surface area contributed by atoms with Crippen LogP contribution >= 0.6 is 0 Å². The molecule has 6 nitrogen and oxygen atoms in total. The molecule has 132 valence electrons. The summed E-state index contributed by atoms with van der Waals surface area (Å²) in [5.74, 6) is -1.55. The van der Waals surface area contributed by atoms with Crippen molar-refractivity contribution in [3.05, 3.63) is 47.1 Å². The summed E-state index contributed by atoms with van der Waals surface area (Å²) in [4.78, 5) is 22.1. The number of esters is 1. The summed E-state index contributed by atoms with van der Waals surface area (Å²) >= 11 is 0. The van der Waals surface area contributed by atoms with Crippen LogP contribution in [0, 0.1) is 5.92 Å². The van der Waals surface area contributed by atoms with Crippen molar-refractivity contribution in [2.75, 3.05) is 0 Å². The molecule has 0 spiro atoms. The molecule has 0 fully saturated rings. The molecule has 0 amide bonds. The molecule has 1 atom stereocenters. The average Bonchev–Trinajstić information content (AvgIpc) is 2.82. The highest BCUT2D eigenvalue weighted by Gasteiger charge is 2.26. The van der Waals surface area contributed by atoms with Crippen molar-refractivity contribution in [1.29, 1.82) is 0 Å². The fourth-order valence-corrected chi connectivity index (χ4v) is 2.34. The summed E-state index contributed by atoms with van der Waals surface area (Å²) < 4.78 is 4.92. The first kappa shape index (κ1) is 18.3. The average molecular weight is 344 g/mol. The fourth-order valence-electron chi connectivity index (χ4n) is 2.34. The number of aromatic hydroxyl groups is 2. The molecular weight excluding hydrogens is 324 g/mol. The summed E-state index contributed by atoms with van der Waals surface area (Å²) in [5, 5.41) is 29.0. The molecule has 0 saturated heterocycles. The third-order valence-corrected chi connectivity index (χ3v) is 3.55. The normalized spacial score (nSPS) is 17.5. The second-order valence-corrected chi connectivity index (χ2v) is 6.08. The predicted octanol–water partition coefficient (Wildman–Crippen LogP) is 3.11. The van der Waals surface area contributed by atoms with Crippen LogP contribution in [0.4, 0.5) is 0 Å². The van der Waals surface area contributed by atoms with Gasteiger partial charge in [0, 0.05) is 11.6 Å². The highest BCUT2D eigenvalue weighted by atomic mass is 16.5. The summed E-state index contributed by atoms with van der Waals surface area (Å²) in [6.07, 6.45) is 6.68. The van der Waals surface area contributed by atoms with E-state index in [1.165, 1.54) is 24.3 Å². The number of carbonyl (C=O) groups is 2. The first-order chi connectivity index (χ1) is 11.8. The van der Waals surface area contributed by atoms with E-state index >= 15 is 0 Å². The van der Waals surface area contributed by atoms with Gasteiger partial charge in [-0.05, 0) is 23.6 Å². The number of hydrogen-bond donors (Lipinski definition) is 3. The number of phenolic OH excluding ortho intramolecular Hbond substituents is 2. The molecule has 1 heterocycles. The molecule has 1 aliphatic heterocycles. The zero-order valence-corrected chi connectivity index (χ0v) is 14.0. The molecular formula is C19H20O6. The third-order valence-electron chi connectivity index (χ3n) is 3.55. The quantitative estimate of drug-likeness (QED) is 0.685. The molecule has 1 unspecified atom stereocenters. The second-order valence-electron chi connectivity index (χ2n) is 6.08. The number of ether oxygens (including phenoxy) is 1. The van der Waals surface area contributed by atoms with Crippen LogP contribution in [0.15, 0.2) is 35.9 Å². The van der Waals surface area contributed by atoms with Gasteiger partial charge in [0.15, 0.2) is 0 Å². The van der Waals surface area contributed by atoms with Crippen molar-refractivity contribution >= 4 is 24.1 Å². The van der Waals surface area contributed by atoms with Gasteiger partial charge in [0.2, 0.25) is 0 Å². The number of carboxylic acids is 1. The van der Waals surface area contributed by atoms with E-state index in [1.807, 2.05) is 19.9 Å². The van der Waals surface area contributed by atoms with Gasteiger partial charge in [0.25, 0.3) is 0 Å². The second kappa shape index (κ2) is 7.70. The van der Waals surface area contributed by atoms with Gasteiger partial charge in [-0.3, -0.25) is 4.79 Å². The van der Waals surface area contributed by atoms with E-state index in [9.17, 15) is 19.8 Å². The van der Waals surface area contributed by atoms with Crippen LogP contribution in [0.3, 0.4) is 0 Å². The fraction of sp³-hybridized carbons (Fsp3) is 0.263. The van der Waals surface area contributed by atoms with E-state index in [-0.39, 0.29) is 23.8 Å². The van der Waals surface area contributed by atoms with E-state index in [2.05, 4.69) is 0 Å². The Morgan fingerprint density at radius 1 is 1.20 bits per heavy atom. The van der Waals surface area contributed by atoms with E-state index in [1.54, 1.807) is 12.2 Å². The maximum Gasteiger partial charge on any atom is 0.331 e. The molecule has 2 rings (SSSR count). The molecule has 0 radical (unpaired) electrons. The highest BCUT2D eigenvalue weighted by Crippen LogP contribution is 2.31. The Balaban J connectivity index is 2.22. The van der Waals surface area contributed by atoms with Gasteiger partial charge in [0.05, 0.1) is 12.0 Å². The van der Waals surface area contributed by atoms with Crippen molar-refractivity contribution in [1.82, 2.24) is 0 Å². The summed E-state index contributed by atoms with van der Waals surface area (Å²) in [6, 6.07) is 2.95. The topological polar surface area (TPSA) is 104 Å². The van der Waals surface area contributed by atoms with Gasteiger partial charge >= 0.3 is 11.9 Å². The number of hydrogen-bond acceptors (Lipinski definition) is 5. The minimum atomic E-state index is -1.07. The molecule has 0 aromatic heterocycles. The molecule has 1 aliphatic rings. The number of phenols is 2. The van der Waals surface area contributed by atoms with Crippen molar-refractivity contribution < 1.29 is 29.6 Å². The Kier molecular flexibility index (Phi) is 5.64. The first-order valence-electron chi connectivity index (χ1n) is 7.82. The Morgan fingerprint density at radius 3 is 2.40 bits per heavy atom. The van der Waals surface area contributed by atoms with Crippen LogP contribution in [0.5, 0.6) is 11.5 Å². The smallest absolute Gasteiger partial charge is 0.331 e. The van der Waals surface area contributed by atoms with E-state index in [0.29, 0.717) is 16.7 Å². The minimum absolute atomic E-state index is 0.0774. The largest absolute Gasteiger partial charge is 0.507 e. The third kappa shape index (κ3) is 4.97. The Hall–Kier alpha value is -3.02. The minimum Gasteiger partial charge on any atom is -0.507 e. The Bertz CT molecular complexity index is 747. The van der Waals surface area contributed by atoms with E-state index in [0.717, 1.165) is 0 Å². The standard InChI is InChI=1S/C19H20O6/c1-11(2)3-6-14-15(20)7-12(8-16(14)21)4-5-13-9-19(24)25-17(13)10-18(22)23/h3-9,11,17,20-21H,10H2,1-2H3,(H,22,23)/b5-4+,6-3+. The first-order valence-corrected chi connectivity index (χ1v) is 7.82. The van der Waals surface area contributed by atoms with Crippen LogP contribution in [-0.2, 0) is 14.3 Å². The van der Waals surface area contributed by atoms with Crippen molar-refractivity contribution in [2.45, 2.75) is 26.4 Å². The molecule has 1 aromatic rings. The summed E-state index contributed by atoms with van der Waals surface area (Å²) in [5.41, 5.74) is 1.26. The Morgan fingerprint density at radius 2 is 1.84 bits per heavy atom. The van der Waals surface area contributed by atoms with Crippen LogP contribution in [0.1, 0.15) is 31.4 Å². The van der Waals surface area contributed by atoms with Crippen molar-refractivity contribution in [2.24, 2.45) is 5.92 Å². The molecule has 0 saturated carbocycles. The lowest BCUT2D eigenvalue weighted by molar-refractivity contribution is -0.144. The van der Waals surface area contributed by atoms with Gasteiger partial charge in [-0.1, -0.05) is 38.2 Å². The van der Waals surface area contributed by atoms with Gasteiger partial charge in [0.1, 0.15) is 17.6 Å². The van der Waals surface area contributed by atoms with E-state index in [4.69, 9.17) is 9.84 Å². The zero-order chi connectivity index (χ0) is 18.6. The highest BCUT2D eigenvalue weighted by molar-refractivity contribution is 5.88. The lowest BCUT2D eigenvalue weighted by Gasteiger charge is -2.09. The molecule has 3 N–H and O–H groups in total. The SMILES string of the molecule is CC(C)/C=C/c1c(O)cc(/C=C/C2=CC(=O)OC2CC(=O)O)cc1O. The van der Waals surface area contributed by atoms with Gasteiger partial charge < -0.3 is 20.1 Å². The molecule has 0 bridgehead atoms. The maximum absolute atomic E-state index is 11.3. The number of carbonyl (C=O) groups excluding carboxylic acids is 1. The van der Waals surface area contributed by atoms with Crippen LogP contribution < -0.4 is 0 Å². The lowest BCUT2D eigenvalue weighted by atomic mass is 10.0. The van der Waals surface area contributed by atoms with Gasteiger partial charge in [-0.15, -0.1) is 0 Å². The van der Waals surface area contributed by atoms with Crippen LogP contribution in [0.2, 0.25) is 0 Å². The lowest BCUT2D eigenvalue weighted by Crippen LogP contribution is -2.15. The summed E-state index contributed by atoms with van der Waals surface area (Å²) in [6.45, 7) is 3.96. The number of aliphatic carboxylic acids is 1.